The van der Waals surface area contributed by atoms with E-state index in [1.807, 2.05) is 13.0 Å². The Hall–Kier alpha value is -2.14. The highest BCUT2D eigenvalue weighted by atomic mass is 19.1. The van der Waals surface area contributed by atoms with Crippen molar-refractivity contribution >= 4 is 5.91 Å². The molecule has 5 heteroatoms. The third-order valence-corrected chi connectivity index (χ3v) is 4.11. The first kappa shape index (κ1) is 15.7. The van der Waals surface area contributed by atoms with Gasteiger partial charge in [-0.1, -0.05) is 12.1 Å². The minimum atomic E-state index is -0.850. The van der Waals surface area contributed by atoms with Crippen LogP contribution in [0.25, 0.3) is 0 Å². The lowest BCUT2D eigenvalue weighted by Gasteiger charge is -2.25. The van der Waals surface area contributed by atoms with Crippen LogP contribution in [0.4, 0.5) is 4.39 Å². The minimum absolute atomic E-state index is 0.141. The molecule has 0 aliphatic heterocycles. The van der Waals surface area contributed by atoms with Gasteiger partial charge in [0, 0.05) is 11.6 Å². The summed E-state index contributed by atoms with van der Waals surface area (Å²) in [5.74, 6) is 0.485. The highest BCUT2D eigenvalue weighted by Crippen LogP contribution is 2.31. The van der Waals surface area contributed by atoms with Crippen molar-refractivity contribution in [3.8, 4) is 0 Å². The van der Waals surface area contributed by atoms with Gasteiger partial charge in [-0.3, -0.25) is 4.79 Å². The van der Waals surface area contributed by atoms with Crippen LogP contribution in [-0.4, -0.2) is 28.5 Å². The lowest BCUT2D eigenvalue weighted by Crippen LogP contribution is -2.36. The van der Waals surface area contributed by atoms with Crippen molar-refractivity contribution in [3.63, 3.8) is 0 Å². The fourth-order valence-electron chi connectivity index (χ4n) is 2.74. The van der Waals surface area contributed by atoms with Crippen molar-refractivity contribution in [2.45, 2.75) is 38.8 Å². The molecule has 0 radical (unpaired) electrons. The summed E-state index contributed by atoms with van der Waals surface area (Å²) in [6.07, 6.45) is 1.01. The number of aliphatic hydroxyl groups excluding tert-OH is 1. The largest absolute Gasteiger partial charge is 0.456 e. The number of benzene rings is 1. The number of hydrogen-bond donors (Lipinski definition) is 1. The van der Waals surface area contributed by atoms with Gasteiger partial charge >= 0.3 is 0 Å². The number of hydrogen-bond acceptors (Lipinski definition) is 3. The van der Waals surface area contributed by atoms with Crippen molar-refractivity contribution in [2.75, 3.05) is 6.54 Å². The molecule has 4 nitrogen and oxygen atoms in total. The topological polar surface area (TPSA) is 53.7 Å². The molecule has 1 amide bonds. The van der Waals surface area contributed by atoms with Gasteiger partial charge in [-0.15, -0.1) is 0 Å². The Morgan fingerprint density at radius 3 is 2.52 bits per heavy atom. The zero-order chi connectivity index (χ0) is 16.6. The van der Waals surface area contributed by atoms with Crippen LogP contribution in [0.1, 0.15) is 46.4 Å². The summed E-state index contributed by atoms with van der Waals surface area (Å²) >= 11 is 0. The number of halogens is 1. The lowest BCUT2D eigenvalue weighted by atomic mass is 10.1. The van der Waals surface area contributed by atoms with Gasteiger partial charge in [0.05, 0.1) is 12.6 Å². The molecule has 1 aromatic carbocycles. The second-order valence-electron chi connectivity index (χ2n) is 6.13. The molecule has 0 saturated heterocycles. The van der Waals surface area contributed by atoms with Gasteiger partial charge in [0.25, 0.3) is 5.91 Å². The van der Waals surface area contributed by atoms with Gasteiger partial charge in [0.15, 0.2) is 5.76 Å². The Labute approximate surface area is 134 Å². The van der Waals surface area contributed by atoms with E-state index >= 15 is 0 Å². The van der Waals surface area contributed by atoms with E-state index in [9.17, 15) is 14.3 Å². The van der Waals surface area contributed by atoms with Gasteiger partial charge in [0.2, 0.25) is 0 Å². The fourth-order valence-corrected chi connectivity index (χ4v) is 2.74. The summed E-state index contributed by atoms with van der Waals surface area (Å²) in [5.41, 5.74) is 1.40. The van der Waals surface area contributed by atoms with E-state index in [2.05, 4.69) is 0 Å². The average molecular weight is 317 g/mol. The molecule has 0 spiro atoms. The molecule has 1 aliphatic rings. The van der Waals surface area contributed by atoms with E-state index < -0.39 is 6.10 Å². The van der Waals surface area contributed by atoms with Crippen LogP contribution in [0.15, 0.2) is 34.7 Å². The van der Waals surface area contributed by atoms with Gasteiger partial charge in [-0.05, 0) is 50.5 Å². The molecule has 0 bridgehead atoms. The normalized spacial score (nSPS) is 15.5. The Kier molecular flexibility index (Phi) is 4.22. The molecule has 2 aromatic rings. The van der Waals surface area contributed by atoms with E-state index in [4.69, 9.17) is 4.42 Å². The summed E-state index contributed by atoms with van der Waals surface area (Å²) < 4.78 is 18.5. The smallest absolute Gasteiger partial charge is 0.290 e. The van der Waals surface area contributed by atoms with Crippen LogP contribution in [0, 0.1) is 19.7 Å². The quantitative estimate of drug-likeness (QED) is 0.920. The number of carbonyl (C=O) groups excluding carboxylic acids is 1. The lowest BCUT2D eigenvalue weighted by molar-refractivity contribution is 0.0571. The second kappa shape index (κ2) is 6.16. The Bertz CT molecular complexity index is 704. The zero-order valence-electron chi connectivity index (χ0n) is 13.3. The SMILES string of the molecule is Cc1cc(C)c(C(=O)N(CC(O)c2ccc(F)cc2)C2CC2)o1. The van der Waals surface area contributed by atoms with Crippen molar-refractivity contribution in [3.05, 3.63) is 58.8 Å². The molecule has 1 N–H and O–H groups in total. The van der Waals surface area contributed by atoms with Gasteiger partial charge in [0.1, 0.15) is 11.6 Å². The minimum Gasteiger partial charge on any atom is -0.456 e. The fraction of sp³-hybridized carbons (Fsp3) is 0.389. The molecule has 1 atom stereocenters. The van der Waals surface area contributed by atoms with Crippen molar-refractivity contribution in [1.29, 1.82) is 0 Å². The van der Waals surface area contributed by atoms with Crippen LogP contribution in [0.5, 0.6) is 0 Å². The maximum atomic E-state index is 13.0. The number of rotatable bonds is 5. The number of nitrogens with zero attached hydrogens (tertiary/aromatic N) is 1. The third kappa shape index (κ3) is 3.45. The van der Waals surface area contributed by atoms with Crippen LogP contribution in [0.2, 0.25) is 0 Å². The van der Waals surface area contributed by atoms with Gasteiger partial charge in [-0.2, -0.15) is 0 Å². The predicted octanol–water partition coefficient (Wildman–Crippen LogP) is 3.37. The summed E-state index contributed by atoms with van der Waals surface area (Å²) in [5, 5.41) is 10.4. The molecular formula is C18H20FNO3. The summed E-state index contributed by atoms with van der Waals surface area (Å²) in [6, 6.07) is 7.66. The van der Waals surface area contributed by atoms with Crippen LogP contribution >= 0.6 is 0 Å². The standard InChI is InChI=1S/C18H20FNO3/c1-11-9-12(2)23-17(11)18(22)20(15-7-8-15)10-16(21)13-3-5-14(19)6-4-13/h3-6,9,15-16,21H,7-8,10H2,1-2H3. The molecule has 3 rings (SSSR count). The van der Waals surface area contributed by atoms with Crippen LogP contribution in [-0.2, 0) is 0 Å². The Morgan fingerprint density at radius 2 is 2.00 bits per heavy atom. The van der Waals surface area contributed by atoms with Gasteiger partial charge < -0.3 is 14.4 Å². The number of carbonyl (C=O) groups is 1. The summed E-state index contributed by atoms with van der Waals surface area (Å²) in [7, 11) is 0. The maximum Gasteiger partial charge on any atom is 0.290 e. The molecule has 1 heterocycles. The van der Waals surface area contributed by atoms with Crippen molar-refractivity contribution < 1.29 is 18.7 Å². The third-order valence-electron chi connectivity index (χ3n) is 4.11. The van der Waals surface area contributed by atoms with Crippen LogP contribution in [0.3, 0.4) is 0 Å². The number of amides is 1. The Morgan fingerprint density at radius 1 is 1.35 bits per heavy atom. The second-order valence-corrected chi connectivity index (χ2v) is 6.13. The zero-order valence-corrected chi connectivity index (χ0v) is 13.3. The molecule has 122 valence electrons. The van der Waals surface area contributed by atoms with Crippen LogP contribution < -0.4 is 0 Å². The molecule has 1 unspecified atom stereocenters. The maximum absolute atomic E-state index is 13.0. The van der Waals surface area contributed by atoms with Crippen molar-refractivity contribution in [2.24, 2.45) is 0 Å². The van der Waals surface area contributed by atoms with E-state index in [1.165, 1.54) is 24.3 Å². The number of furan rings is 1. The van der Waals surface area contributed by atoms with Crippen molar-refractivity contribution in [1.82, 2.24) is 4.90 Å². The first-order chi connectivity index (χ1) is 11.0. The van der Waals surface area contributed by atoms with E-state index in [-0.39, 0.29) is 24.3 Å². The highest BCUT2D eigenvalue weighted by molar-refractivity contribution is 5.93. The molecule has 1 aliphatic carbocycles. The molecule has 1 aromatic heterocycles. The van der Waals surface area contributed by atoms with E-state index in [1.54, 1.807) is 11.8 Å². The number of aryl methyl sites for hydroxylation is 2. The summed E-state index contributed by atoms with van der Waals surface area (Å²) in [6.45, 7) is 3.82. The monoisotopic (exact) mass is 317 g/mol. The van der Waals surface area contributed by atoms with E-state index in [0.717, 1.165) is 18.4 Å². The molecule has 23 heavy (non-hydrogen) atoms. The first-order valence-corrected chi connectivity index (χ1v) is 7.77. The highest BCUT2D eigenvalue weighted by Gasteiger charge is 2.36. The number of aliphatic hydroxyl groups is 1. The molecule has 1 fully saturated rings. The Balaban J connectivity index is 1.78. The van der Waals surface area contributed by atoms with Gasteiger partial charge in [-0.25, -0.2) is 4.39 Å². The summed E-state index contributed by atoms with van der Waals surface area (Å²) in [4.78, 5) is 14.4. The predicted molar refractivity (Wildman–Crippen MR) is 83.6 cm³/mol. The molecule has 1 saturated carbocycles. The first-order valence-electron chi connectivity index (χ1n) is 7.77. The molecular weight excluding hydrogens is 297 g/mol. The average Bonchev–Trinajstić information content (AvgIpc) is 3.29. The van der Waals surface area contributed by atoms with E-state index in [0.29, 0.717) is 17.1 Å².